The molecule has 0 aromatic heterocycles. The molecule has 1 aromatic carbocycles. The topological polar surface area (TPSA) is 78.4 Å². The fraction of sp³-hybridized carbons (Fsp3) is 0.385. The maximum absolute atomic E-state index is 12.1. The van der Waals surface area contributed by atoms with E-state index < -0.39 is 5.97 Å². The summed E-state index contributed by atoms with van der Waals surface area (Å²) in [6.07, 6.45) is 0.971. The molecule has 1 saturated heterocycles. The first-order valence-electron chi connectivity index (χ1n) is 6.06. The Labute approximate surface area is 119 Å². The molecule has 102 valence electrons. The molecule has 1 heterocycles. The SMILES string of the molecule is CC1CCNC1C(=O)Nc1ccc(Br)c(C(=O)O)c1. The Kier molecular flexibility index (Phi) is 4.21. The molecule has 2 atom stereocenters. The van der Waals surface area contributed by atoms with E-state index in [9.17, 15) is 9.59 Å². The van der Waals surface area contributed by atoms with Crippen molar-refractivity contribution in [3.63, 3.8) is 0 Å². The minimum atomic E-state index is -1.03. The average Bonchev–Trinajstić information content (AvgIpc) is 2.77. The summed E-state index contributed by atoms with van der Waals surface area (Å²) in [4.78, 5) is 23.1. The van der Waals surface area contributed by atoms with Gasteiger partial charge in [0.25, 0.3) is 0 Å². The lowest BCUT2D eigenvalue weighted by Gasteiger charge is -2.15. The molecule has 2 unspecified atom stereocenters. The maximum atomic E-state index is 12.1. The number of hydrogen-bond acceptors (Lipinski definition) is 3. The van der Waals surface area contributed by atoms with Crippen molar-refractivity contribution >= 4 is 33.5 Å². The molecule has 0 saturated carbocycles. The summed E-state index contributed by atoms with van der Waals surface area (Å²) in [6, 6.07) is 4.53. The zero-order valence-corrected chi connectivity index (χ0v) is 12.0. The molecule has 3 N–H and O–H groups in total. The van der Waals surface area contributed by atoms with Crippen LogP contribution in [0.25, 0.3) is 0 Å². The van der Waals surface area contributed by atoms with Crippen LogP contribution in [-0.4, -0.2) is 29.6 Å². The first-order valence-corrected chi connectivity index (χ1v) is 6.85. The van der Waals surface area contributed by atoms with Crippen LogP contribution in [0.1, 0.15) is 23.7 Å². The predicted molar refractivity (Wildman–Crippen MR) is 75.3 cm³/mol. The maximum Gasteiger partial charge on any atom is 0.336 e. The number of carboxylic acids is 1. The summed E-state index contributed by atoms with van der Waals surface area (Å²) >= 11 is 3.17. The van der Waals surface area contributed by atoms with Crippen molar-refractivity contribution in [2.45, 2.75) is 19.4 Å². The lowest BCUT2D eigenvalue weighted by molar-refractivity contribution is -0.118. The minimum Gasteiger partial charge on any atom is -0.478 e. The van der Waals surface area contributed by atoms with Gasteiger partial charge in [0.2, 0.25) is 5.91 Å². The number of benzene rings is 1. The number of amides is 1. The number of carbonyl (C=O) groups excluding carboxylic acids is 1. The van der Waals surface area contributed by atoms with Gasteiger partial charge in [-0.15, -0.1) is 0 Å². The van der Waals surface area contributed by atoms with Crippen molar-refractivity contribution in [1.82, 2.24) is 5.32 Å². The number of halogens is 1. The van der Waals surface area contributed by atoms with Crippen LogP contribution < -0.4 is 10.6 Å². The highest BCUT2D eigenvalue weighted by Crippen LogP contribution is 2.22. The molecule has 1 fully saturated rings. The van der Waals surface area contributed by atoms with Gasteiger partial charge < -0.3 is 15.7 Å². The van der Waals surface area contributed by atoms with Gasteiger partial charge in [-0.1, -0.05) is 6.92 Å². The first-order chi connectivity index (χ1) is 8.99. The third kappa shape index (κ3) is 3.13. The van der Waals surface area contributed by atoms with Gasteiger partial charge in [-0.3, -0.25) is 4.79 Å². The van der Waals surface area contributed by atoms with E-state index in [0.29, 0.717) is 10.2 Å². The van der Waals surface area contributed by atoms with Crippen molar-refractivity contribution in [3.8, 4) is 0 Å². The second-order valence-corrected chi connectivity index (χ2v) is 5.54. The van der Waals surface area contributed by atoms with Gasteiger partial charge in [-0.05, 0) is 53.0 Å². The van der Waals surface area contributed by atoms with Crippen molar-refractivity contribution in [2.75, 3.05) is 11.9 Å². The molecule has 1 aliphatic rings. The summed E-state index contributed by atoms with van der Waals surface area (Å²) in [5.41, 5.74) is 0.622. The monoisotopic (exact) mass is 326 g/mol. The Balaban J connectivity index is 2.13. The van der Waals surface area contributed by atoms with Gasteiger partial charge in [0, 0.05) is 10.2 Å². The fourth-order valence-electron chi connectivity index (χ4n) is 2.17. The van der Waals surface area contributed by atoms with E-state index in [4.69, 9.17) is 5.11 Å². The van der Waals surface area contributed by atoms with Crippen LogP contribution in [0.5, 0.6) is 0 Å². The van der Waals surface area contributed by atoms with Crippen molar-refractivity contribution in [2.24, 2.45) is 5.92 Å². The summed E-state index contributed by atoms with van der Waals surface area (Å²) in [6.45, 7) is 2.86. The fourth-order valence-corrected chi connectivity index (χ4v) is 2.59. The molecular formula is C13H15BrN2O3. The number of carboxylic acid groups (broad SMARTS) is 1. The second-order valence-electron chi connectivity index (χ2n) is 4.69. The zero-order valence-electron chi connectivity index (χ0n) is 10.4. The first kappa shape index (κ1) is 14.0. The molecule has 0 radical (unpaired) electrons. The molecule has 0 aliphatic carbocycles. The highest BCUT2D eigenvalue weighted by Gasteiger charge is 2.29. The highest BCUT2D eigenvalue weighted by molar-refractivity contribution is 9.10. The number of nitrogens with one attached hydrogen (secondary N) is 2. The minimum absolute atomic E-state index is 0.122. The van der Waals surface area contributed by atoms with Crippen molar-refractivity contribution in [1.29, 1.82) is 0 Å². The molecule has 1 amide bonds. The van der Waals surface area contributed by atoms with E-state index in [1.807, 2.05) is 6.92 Å². The third-order valence-corrected chi connectivity index (χ3v) is 3.97. The molecule has 0 spiro atoms. The molecule has 6 heteroatoms. The standard InChI is InChI=1S/C13H15BrN2O3/c1-7-4-5-15-11(7)12(17)16-8-2-3-10(14)9(6-8)13(18)19/h2-3,6-7,11,15H,4-5H2,1H3,(H,16,17)(H,18,19). The summed E-state index contributed by atoms with van der Waals surface area (Å²) in [7, 11) is 0. The van der Waals surface area contributed by atoms with E-state index in [-0.39, 0.29) is 23.4 Å². The molecule has 1 aromatic rings. The Morgan fingerprint density at radius 1 is 1.47 bits per heavy atom. The Morgan fingerprint density at radius 3 is 2.79 bits per heavy atom. The molecule has 1 aliphatic heterocycles. The summed E-state index contributed by atoms with van der Waals surface area (Å²) in [5, 5.41) is 14.9. The normalized spacial score (nSPS) is 22.2. The zero-order chi connectivity index (χ0) is 14.0. The van der Waals surface area contributed by atoms with Crippen LogP contribution in [0.15, 0.2) is 22.7 Å². The number of aromatic carboxylic acids is 1. The summed E-state index contributed by atoms with van der Waals surface area (Å²) < 4.78 is 0.491. The van der Waals surface area contributed by atoms with Gasteiger partial charge >= 0.3 is 5.97 Å². The van der Waals surface area contributed by atoms with E-state index in [1.165, 1.54) is 6.07 Å². The van der Waals surface area contributed by atoms with E-state index in [1.54, 1.807) is 12.1 Å². The van der Waals surface area contributed by atoms with Gasteiger partial charge in [-0.25, -0.2) is 4.79 Å². The lowest BCUT2D eigenvalue weighted by atomic mass is 10.0. The van der Waals surface area contributed by atoms with Gasteiger partial charge in [-0.2, -0.15) is 0 Å². The highest BCUT2D eigenvalue weighted by atomic mass is 79.9. The van der Waals surface area contributed by atoms with Crippen LogP contribution in [0.3, 0.4) is 0 Å². The Bertz CT molecular complexity index is 519. The van der Waals surface area contributed by atoms with Crippen LogP contribution in [0.2, 0.25) is 0 Å². The molecular weight excluding hydrogens is 312 g/mol. The van der Waals surface area contributed by atoms with E-state index in [2.05, 4.69) is 26.6 Å². The number of carbonyl (C=O) groups is 2. The van der Waals surface area contributed by atoms with Crippen LogP contribution in [0.4, 0.5) is 5.69 Å². The number of rotatable bonds is 3. The van der Waals surface area contributed by atoms with Crippen LogP contribution >= 0.6 is 15.9 Å². The smallest absolute Gasteiger partial charge is 0.336 e. The summed E-state index contributed by atoms with van der Waals surface area (Å²) in [5.74, 6) is -0.867. The van der Waals surface area contributed by atoms with Gasteiger partial charge in [0.1, 0.15) is 0 Å². The third-order valence-electron chi connectivity index (χ3n) is 3.28. The molecule has 5 nitrogen and oxygen atoms in total. The van der Waals surface area contributed by atoms with Crippen molar-refractivity contribution < 1.29 is 14.7 Å². The van der Waals surface area contributed by atoms with E-state index >= 15 is 0 Å². The number of hydrogen-bond donors (Lipinski definition) is 3. The van der Waals surface area contributed by atoms with Crippen LogP contribution in [0, 0.1) is 5.92 Å². The Morgan fingerprint density at radius 2 is 2.21 bits per heavy atom. The predicted octanol–water partition coefficient (Wildman–Crippen LogP) is 2.08. The van der Waals surface area contributed by atoms with Gasteiger partial charge in [0.05, 0.1) is 11.6 Å². The number of anilines is 1. The largest absolute Gasteiger partial charge is 0.478 e. The molecule has 2 rings (SSSR count). The average molecular weight is 327 g/mol. The molecule has 0 bridgehead atoms. The Hall–Kier alpha value is -1.40. The second kappa shape index (κ2) is 5.71. The lowest BCUT2D eigenvalue weighted by Crippen LogP contribution is -2.39. The quantitative estimate of drug-likeness (QED) is 0.794. The molecule has 19 heavy (non-hydrogen) atoms. The van der Waals surface area contributed by atoms with Gasteiger partial charge in [0.15, 0.2) is 0 Å². The van der Waals surface area contributed by atoms with E-state index in [0.717, 1.165) is 13.0 Å². The van der Waals surface area contributed by atoms with Crippen molar-refractivity contribution in [3.05, 3.63) is 28.2 Å². The van der Waals surface area contributed by atoms with Crippen LogP contribution in [-0.2, 0) is 4.79 Å².